The van der Waals surface area contributed by atoms with Crippen LogP contribution in [0.15, 0.2) is 41.4 Å². The van der Waals surface area contributed by atoms with Crippen LogP contribution in [0, 0.1) is 0 Å². The molecule has 0 fully saturated rings. The minimum Gasteiger partial charge on any atom is -0.481 e. The number of rotatable bonds is 10. The predicted octanol–water partition coefficient (Wildman–Crippen LogP) is 3.30. The van der Waals surface area contributed by atoms with Gasteiger partial charge in [-0.2, -0.15) is 0 Å². The topological polar surface area (TPSA) is 120 Å². The predicted molar refractivity (Wildman–Crippen MR) is 99.2 cm³/mol. The second kappa shape index (κ2) is 9.09. The van der Waals surface area contributed by atoms with Crippen LogP contribution in [0.1, 0.15) is 54.5 Å². The van der Waals surface area contributed by atoms with Crippen LogP contribution < -0.4 is 10.5 Å². The third-order valence-corrected chi connectivity index (χ3v) is 4.33. The largest absolute Gasteiger partial charge is 0.481 e. The van der Waals surface area contributed by atoms with Crippen LogP contribution in [0.2, 0.25) is 0 Å². The first-order chi connectivity index (χ1) is 13.2. The Morgan fingerprint density at radius 2 is 2.22 bits per heavy atom. The van der Waals surface area contributed by atoms with E-state index in [9.17, 15) is 4.79 Å². The highest BCUT2D eigenvalue weighted by molar-refractivity contribution is 5.93. The van der Waals surface area contributed by atoms with E-state index < -0.39 is 0 Å². The zero-order valence-corrected chi connectivity index (χ0v) is 15.2. The zero-order chi connectivity index (χ0) is 19.1. The normalized spacial score (nSPS) is 12.1. The summed E-state index contributed by atoms with van der Waals surface area (Å²) in [7, 11) is 1.58. The lowest BCUT2D eigenvalue weighted by Crippen LogP contribution is -2.12. The Morgan fingerprint density at radius 3 is 3.00 bits per heavy atom. The molecule has 1 atom stereocenters. The van der Waals surface area contributed by atoms with E-state index in [1.807, 2.05) is 18.3 Å². The molecule has 27 heavy (non-hydrogen) atoms. The maximum atomic E-state index is 11.8. The van der Waals surface area contributed by atoms with Gasteiger partial charge < -0.3 is 20.0 Å². The van der Waals surface area contributed by atoms with Crippen molar-refractivity contribution in [3.8, 4) is 17.1 Å². The van der Waals surface area contributed by atoms with Gasteiger partial charge >= 0.3 is 0 Å². The van der Waals surface area contributed by atoms with Crippen molar-refractivity contribution in [2.24, 2.45) is 5.73 Å². The van der Waals surface area contributed by atoms with Gasteiger partial charge in [-0.25, -0.2) is 9.97 Å². The Hall–Kier alpha value is -3.00. The number of methoxy groups -OCH3 is 1. The van der Waals surface area contributed by atoms with Crippen LogP contribution in [-0.2, 0) is 0 Å². The fourth-order valence-electron chi connectivity index (χ4n) is 2.86. The molecule has 0 aliphatic heterocycles. The fraction of sp³-hybridized carbons (Fsp3) is 0.368. The summed E-state index contributed by atoms with van der Waals surface area (Å²) in [6.07, 6.45) is 8.78. The average molecular weight is 369 g/mol. The molecule has 0 aliphatic rings. The highest BCUT2D eigenvalue weighted by atomic mass is 16.5. The Labute approximate surface area is 157 Å². The van der Waals surface area contributed by atoms with Crippen LogP contribution in [0.4, 0.5) is 0 Å². The first-order valence-corrected chi connectivity index (χ1v) is 8.93. The summed E-state index contributed by atoms with van der Waals surface area (Å²) in [5, 5.41) is 3.65. The number of Topliss-reactive ketones (excluding diaryl/α,β-unsaturated/α-hetero) is 1. The minimum absolute atomic E-state index is 0.00847. The summed E-state index contributed by atoms with van der Waals surface area (Å²) in [6, 6.07) is 5.15. The van der Waals surface area contributed by atoms with Crippen molar-refractivity contribution in [1.29, 1.82) is 0 Å². The van der Waals surface area contributed by atoms with Crippen molar-refractivity contribution in [1.82, 2.24) is 20.1 Å². The highest BCUT2D eigenvalue weighted by Gasteiger charge is 2.14. The quantitative estimate of drug-likeness (QED) is 0.415. The standard InChI is InChI=1S/C19H23N5O3/c1-26-19-13(6-5-10-21-19)16-12-22-18(23-16)14(20)7-3-2-4-8-17(25)15-9-11-27-24-15/h5-6,9-12,14H,2-4,7-8,20H2,1H3,(H,22,23)/t14-/m0/s1. The average Bonchev–Trinajstić information content (AvgIpc) is 3.39. The van der Waals surface area contributed by atoms with E-state index in [-0.39, 0.29) is 11.8 Å². The van der Waals surface area contributed by atoms with E-state index in [4.69, 9.17) is 10.5 Å². The van der Waals surface area contributed by atoms with Gasteiger partial charge in [-0.15, -0.1) is 0 Å². The van der Waals surface area contributed by atoms with Crippen molar-refractivity contribution >= 4 is 5.78 Å². The molecule has 8 heteroatoms. The fourth-order valence-corrected chi connectivity index (χ4v) is 2.86. The van der Waals surface area contributed by atoms with E-state index >= 15 is 0 Å². The molecule has 0 spiro atoms. The van der Waals surface area contributed by atoms with Crippen LogP contribution in [-0.4, -0.2) is 33.0 Å². The number of hydrogen-bond donors (Lipinski definition) is 2. The molecule has 3 rings (SSSR count). The monoisotopic (exact) mass is 369 g/mol. The van der Waals surface area contributed by atoms with Crippen molar-refractivity contribution in [2.45, 2.75) is 38.1 Å². The lowest BCUT2D eigenvalue weighted by Gasteiger charge is -2.08. The molecule has 3 heterocycles. The molecule has 0 unspecified atom stereocenters. The van der Waals surface area contributed by atoms with Crippen LogP contribution in [0.25, 0.3) is 11.3 Å². The summed E-state index contributed by atoms with van der Waals surface area (Å²) in [5.74, 6) is 1.27. The smallest absolute Gasteiger partial charge is 0.222 e. The first kappa shape index (κ1) is 18.8. The summed E-state index contributed by atoms with van der Waals surface area (Å²) in [4.78, 5) is 23.7. The molecular weight excluding hydrogens is 346 g/mol. The lowest BCUT2D eigenvalue weighted by atomic mass is 10.1. The van der Waals surface area contributed by atoms with Crippen molar-refractivity contribution in [3.63, 3.8) is 0 Å². The van der Waals surface area contributed by atoms with Crippen LogP contribution in [0.3, 0.4) is 0 Å². The number of carbonyl (C=O) groups is 1. The summed E-state index contributed by atoms with van der Waals surface area (Å²) >= 11 is 0. The van der Waals surface area contributed by atoms with E-state index in [1.165, 1.54) is 6.26 Å². The number of pyridine rings is 1. The Morgan fingerprint density at radius 1 is 1.33 bits per heavy atom. The molecule has 3 N–H and O–H groups in total. The number of ether oxygens (including phenoxy) is 1. The Balaban J connectivity index is 1.45. The van der Waals surface area contributed by atoms with Gasteiger partial charge in [0.1, 0.15) is 17.8 Å². The number of unbranched alkanes of at least 4 members (excludes halogenated alkanes) is 2. The molecule has 3 aromatic rings. The van der Waals surface area contributed by atoms with E-state index in [1.54, 1.807) is 19.4 Å². The Bertz CT molecular complexity index is 860. The minimum atomic E-state index is -0.187. The molecule has 0 saturated carbocycles. The van der Waals surface area contributed by atoms with Gasteiger partial charge in [0, 0.05) is 24.9 Å². The van der Waals surface area contributed by atoms with Gasteiger partial charge in [-0.3, -0.25) is 4.79 Å². The first-order valence-electron chi connectivity index (χ1n) is 8.93. The molecular formula is C19H23N5O3. The Kier molecular flexibility index (Phi) is 6.32. The van der Waals surface area contributed by atoms with Gasteiger partial charge in [0.25, 0.3) is 0 Å². The van der Waals surface area contributed by atoms with E-state index in [2.05, 4.69) is 24.6 Å². The number of ketones is 1. The second-order valence-electron chi connectivity index (χ2n) is 6.24. The third kappa shape index (κ3) is 4.79. The molecule has 142 valence electrons. The van der Waals surface area contributed by atoms with Gasteiger partial charge in [0.05, 0.1) is 24.4 Å². The SMILES string of the molecule is COc1ncccc1-c1c[nH]c([C@@H](N)CCCCCC(=O)c2ccon2)n1. The molecule has 8 nitrogen and oxygen atoms in total. The summed E-state index contributed by atoms with van der Waals surface area (Å²) in [6.45, 7) is 0. The number of nitrogens with two attached hydrogens (primary N) is 1. The number of imidazole rings is 1. The number of aromatic nitrogens is 4. The van der Waals surface area contributed by atoms with Crippen LogP contribution in [0.5, 0.6) is 5.88 Å². The number of nitrogens with zero attached hydrogens (tertiary/aromatic N) is 3. The molecule has 0 amide bonds. The zero-order valence-electron chi connectivity index (χ0n) is 15.2. The van der Waals surface area contributed by atoms with Crippen molar-refractivity contribution < 1.29 is 14.1 Å². The van der Waals surface area contributed by atoms with E-state index in [0.29, 0.717) is 18.0 Å². The number of carbonyl (C=O) groups excluding carboxylic acids is 1. The number of H-pyrrole nitrogens is 1. The molecule has 3 aromatic heterocycles. The summed E-state index contributed by atoms with van der Waals surface area (Å²) in [5.41, 5.74) is 8.21. The molecule has 0 saturated heterocycles. The maximum Gasteiger partial charge on any atom is 0.222 e. The number of hydrogen-bond acceptors (Lipinski definition) is 7. The van der Waals surface area contributed by atoms with Gasteiger partial charge in [-0.05, 0) is 25.0 Å². The highest BCUT2D eigenvalue weighted by Crippen LogP contribution is 2.27. The van der Waals surface area contributed by atoms with Crippen LogP contribution >= 0.6 is 0 Å². The number of nitrogens with one attached hydrogen (secondary N) is 1. The van der Waals surface area contributed by atoms with Crippen molar-refractivity contribution in [2.75, 3.05) is 7.11 Å². The summed E-state index contributed by atoms with van der Waals surface area (Å²) < 4.78 is 9.96. The molecule has 0 bridgehead atoms. The van der Waals surface area contributed by atoms with Gasteiger partial charge in [0.15, 0.2) is 5.78 Å². The second-order valence-corrected chi connectivity index (χ2v) is 6.24. The van der Waals surface area contributed by atoms with Crippen molar-refractivity contribution in [3.05, 3.63) is 48.4 Å². The molecule has 0 aromatic carbocycles. The third-order valence-electron chi connectivity index (χ3n) is 4.33. The van der Waals surface area contributed by atoms with E-state index in [0.717, 1.165) is 42.8 Å². The molecule has 0 aliphatic carbocycles. The molecule has 0 radical (unpaired) electrons. The van der Waals surface area contributed by atoms with Gasteiger partial charge in [0.2, 0.25) is 5.88 Å². The van der Waals surface area contributed by atoms with Gasteiger partial charge in [-0.1, -0.05) is 18.0 Å². The number of aromatic amines is 1. The maximum absolute atomic E-state index is 11.8. The lowest BCUT2D eigenvalue weighted by molar-refractivity contribution is 0.0970.